The molecule has 20 heavy (non-hydrogen) atoms. The number of hydrogen-bond donors (Lipinski definition) is 2. The number of rotatable bonds is 2. The Balaban J connectivity index is 2.17. The van der Waals surface area contributed by atoms with E-state index < -0.39 is 0 Å². The Bertz CT molecular complexity index is 632. The highest BCUT2D eigenvalue weighted by Gasteiger charge is 2.18. The van der Waals surface area contributed by atoms with Gasteiger partial charge < -0.3 is 5.43 Å². The zero-order valence-corrected chi connectivity index (χ0v) is 12.0. The lowest BCUT2D eigenvalue weighted by Gasteiger charge is -2.19. The van der Waals surface area contributed by atoms with Crippen LogP contribution in [-0.2, 0) is 12.8 Å². The molecule has 1 aliphatic carbocycles. The van der Waals surface area contributed by atoms with Crippen LogP contribution in [0.4, 0.5) is 5.82 Å². The SMILES string of the molecule is Cc1cccc(-c2nc3c(c(NN)n2)CCCC3)c1C. The van der Waals surface area contributed by atoms with Crippen molar-refractivity contribution >= 4 is 5.82 Å². The fourth-order valence-electron chi connectivity index (χ4n) is 2.83. The van der Waals surface area contributed by atoms with E-state index in [0.717, 1.165) is 35.7 Å². The largest absolute Gasteiger partial charge is 0.308 e. The van der Waals surface area contributed by atoms with E-state index in [4.69, 9.17) is 10.8 Å². The number of aromatic nitrogens is 2. The third kappa shape index (κ3) is 2.16. The molecule has 2 aromatic rings. The third-order valence-corrected chi connectivity index (χ3v) is 4.17. The van der Waals surface area contributed by atoms with Crippen LogP contribution in [0.5, 0.6) is 0 Å². The summed E-state index contributed by atoms with van der Waals surface area (Å²) in [6, 6.07) is 6.24. The molecule has 1 aliphatic rings. The zero-order valence-electron chi connectivity index (χ0n) is 12.0. The van der Waals surface area contributed by atoms with Crippen LogP contribution >= 0.6 is 0 Å². The molecule has 1 heterocycles. The summed E-state index contributed by atoms with van der Waals surface area (Å²) in [6.45, 7) is 4.22. The highest BCUT2D eigenvalue weighted by Crippen LogP contribution is 2.29. The second-order valence-corrected chi connectivity index (χ2v) is 5.42. The summed E-state index contributed by atoms with van der Waals surface area (Å²) in [5.41, 5.74) is 8.66. The first kappa shape index (κ1) is 13.1. The van der Waals surface area contributed by atoms with Crippen molar-refractivity contribution in [2.75, 3.05) is 5.43 Å². The summed E-state index contributed by atoms with van der Waals surface area (Å²) in [6.07, 6.45) is 4.42. The van der Waals surface area contributed by atoms with Crippen molar-refractivity contribution in [2.45, 2.75) is 39.5 Å². The van der Waals surface area contributed by atoms with Gasteiger partial charge in [-0.15, -0.1) is 0 Å². The molecular formula is C16H20N4. The van der Waals surface area contributed by atoms with Crippen LogP contribution < -0.4 is 11.3 Å². The fourth-order valence-corrected chi connectivity index (χ4v) is 2.83. The highest BCUT2D eigenvalue weighted by atomic mass is 15.3. The van der Waals surface area contributed by atoms with Crippen molar-refractivity contribution < 1.29 is 0 Å². The molecule has 0 bridgehead atoms. The maximum atomic E-state index is 5.65. The minimum absolute atomic E-state index is 0.778. The Morgan fingerprint density at radius 1 is 1.10 bits per heavy atom. The van der Waals surface area contributed by atoms with Crippen LogP contribution in [0.25, 0.3) is 11.4 Å². The van der Waals surface area contributed by atoms with Crippen LogP contribution in [0.1, 0.15) is 35.2 Å². The van der Waals surface area contributed by atoms with Crippen molar-refractivity contribution in [1.82, 2.24) is 9.97 Å². The summed E-state index contributed by atoms with van der Waals surface area (Å²) in [5.74, 6) is 7.21. The van der Waals surface area contributed by atoms with Crippen molar-refractivity contribution in [3.05, 3.63) is 40.6 Å². The number of nitrogens with one attached hydrogen (secondary N) is 1. The van der Waals surface area contributed by atoms with Gasteiger partial charge in [-0.3, -0.25) is 0 Å². The Morgan fingerprint density at radius 2 is 1.90 bits per heavy atom. The first-order valence-corrected chi connectivity index (χ1v) is 7.13. The molecule has 0 unspecified atom stereocenters. The van der Waals surface area contributed by atoms with Gasteiger partial charge in [0.05, 0.1) is 0 Å². The summed E-state index contributed by atoms with van der Waals surface area (Å²) >= 11 is 0. The molecule has 0 atom stereocenters. The molecule has 0 radical (unpaired) electrons. The average Bonchev–Trinajstić information content (AvgIpc) is 2.49. The molecule has 1 aromatic heterocycles. The average molecular weight is 268 g/mol. The summed E-state index contributed by atoms with van der Waals surface area (Å²) in [4.78, 5) is 9.42. The summed E-state index contributed by atoms with van der Waals surface area (Å²) < 4.78 is 0. The van der Waals surface area contributed by atoms with Gasteiger partial charge in [-0.25, -0.2) is 15.8 Å². The lowest BCUT2D eigenvalue weighted by molar-refractivity contribution is 0.665. The first-order chi connectivity index (χ1) is 9.70. The van der Waals surface area contributed by atoms with Gasteiger partial charge in [-0.2, -0.15) is 0 Å². The lowest BCUT2D eigenvalue weighted by atomic mass is 9.95. The quantitative estimate of drug-likeness (QED) is 0.649. The minimum atomic E-state index is 0.778. The van der Waals surface area contributed by atoms with Crippen LogP contribution in [0, 0.1) is 13.8 Å². The Kier molecular flexibility index (Phi) is 3.40. The van der Waals surface area contributed by atoms with Gasteiger partial charge in [0.2, 0.25) is 0 Å². The predicted molar refractivity (Wildman–Crippen MR) is 81.4 cm³/mol. The van der Waals surface area contributed by atoms with E-state index >= 15 is 0 Å². The van der Waals surface area contributed by atoms with E-state index in [1.807, 2.05) is 0 Å². The number of anilines is 1. The number of nitrogens with zero attached hydrogens (tertiary/aromatic N) is 2. The van der Waals surface area contributed by atoms with E-state index in [2.05, 4.69) is 42.5 Å². The molecule has 0 aliphatic heterocycles. The Labute approximate surface area is 119 Å². The lowest BCUT2D eigenvalue weighted by Crippen LogP contribution is -2.17. The molecular weight excluding hydrogens is 248 g/mol. The van der Waals surface area contributed by atoms with Crippen molar-refractivity contribution in [3.8, 4) is 11.4 Å². The second-order valence-electron chi connectivity index (χ2n) is 5.42. The van der Waals surface area contributed by atoms with Crippen LogP contribution in [-0.4, -0.2) is 9.97 Å². The van der Waals surface area contributed by atoms with E-state index in [-0.39, 0.29) is 0 Å². The molecule has 104 valence electrons. The molecule has 4 nitrogen and oxygen atoms in total. The number of benzene rings is 1. The number of hydrogen-bond acceptors (Lipinski definition) is 4. The van der Waals surface area contributed by atoms with Gasteiger partial charge in [0, 0.05) is 16.8 Å². The topological polar surface area (TPSA) is 63.8 Å². The smallest absolute Gasteiger partial charge is 0.162 e. The normalized spacial score (nSPS) is 13.9. The van der Waals surface area contributed by atoms with Crippen LogP contribution in [0.15, 0.2) is 18.2 Å². The number of aryl methyl sites for hydroxylation is 2. The molecule has 0 fully saturated rings. The van der Waals surface area contributed by atoms with Gasteiger partial charge in [-0.05, 0) is 50.7 Å². The van der Waals surface area contributed by atoms with Gasteiger partial charge in [0.25, 0.3) is 0 Å². The van der Waals surface area contributed by atoms with Gasteiger partial charge in [0.1, 0.15) is 5.82 Å². The van der Waals surface area contributed by atoms with E-state index in [1.165, 1.54) is 29.5 Å². The van der Waals surface area contributed by atoms with Gasteiger partial charge in [0.15, 0.2) is 5.82 Å². The maximum Gasteiger partial charge on any atom is 0.162 e. The van der Waals surface area contributed by atoms with Crippen molar-refractivity contribution in [3.63, 3.8) is 0 Å². The molecule has 0 amide bonds. The molecule has 3 rings (SSSR count). The maximum absolute atomic E-state index is 5.65. The van der Waals surface area contributed by atoms with Gasteiger partial charge in [-0.1, -0.05) is 18.2 Å². The second kappa shape index (κ2) is 5.21. The standard InChI is InChI=1S/C16H20N4/c1-10-6-5-8-12(11(10)2)15-18-14-9-4-3-7-13(14)16(19-15)20-17/h5-6,8H,3-4,7,9,17H2,1-2H3,(H,18,19,20). The molecule has 3 N–H and O–H groups in total. The number of nitrogen functional groups attached to an aromatic ring is 1. The van der Waals surface area contributed by atoms with E-state index in [0.29, 0.717) is 0 Å². The number of nitrogens with two attached hydrogens (primary N) is 1. The highest BCUT2D eigenvalue weighted by molar-refractivity contribution is 5.64. The fraction of sp³-hybridized carbons (Fsp3) is 0.375. The van der Waals surface area contributed by atoms with Crippen LogP contribution in [0.2, 0.25) is 0 Å². The van der Waals surface area contributed by atoms with Crippen molar-refractivity contribution in [1.29, 1.82) is 0 Å². The summed E-state index contributed by atoms with van der Waals surface area (Å²) in [7, 11) is 0. The number of fused-ring (bicyclic) bond motifs is 1. The van der Waals surface area contributed by atoms with Crippen molar-refractivity contribution in [2.24, 2.45) is 5.84 Å². The zero-order chi connectivity index (χ0) is 14.1. The minimum Gasteiger partial charge on any atom is -0.308 e. The molecule has 1 aromatic carbocycles. The monoisotopic (exact) mass is 268 g/mol. The molecule has 0 saturated carbocycles. The number of hydrazine groups is 1. The third-order valence-electron chi connectivity index (χ3n) is 4.17. The molecule has 4 heteroatoms. The first-order valence-electron chi connectivity index (χ1n) is 7.13. The molecule has 0 saturated heterocycles. The summed E-state index contributed by atoms with van der Waals surface area (Å²) in [5, 5.41) is 0. The Morgan fingerprint density at radius 3 is 2.70 bits per heavy atom. The van der Waals surface area contributed by atoms with E-state index in [1.54, 1.807) is 0 Å². The van der Waals surface area contributed by atoms with Crippen LogP contribution in [0.3, 0.4) is 0 Å². The molecule has 0 spiro atoms. The Hall–Kier alpha value is -1.94. The van der Waals surface area contributed by atoms with E-state index in [9.17, 15) is 0 Å². The van der Waals surface area contributed by atoms with Gasteiger partial charge >= 0.3 is 0 Å². The predicted octanol–water partition coefficient (Wildman–Crippen LogP) is 2.92.